The van der Waals surface area contributed by atoms with Crippen LogP contribution in [0.3, 0.4) is 0 Å². The Balaban J connectivity index is 1.86. The Labute approximate surface area is 151 Å². The maximum Gasteiger partial charge on any atom is 0.191 e. The standard InChI is InChI=1S/C20H31N5/c1-6-21-20(23-14-19-9-8-15(2)12-16(19)3)22-10-7-11-25-18(5)13-17(4)24-25/h8-9,12-13H,6-7,10-11,14H2,1-5H3,(H2,21,22,23). The largest absolute Gasteiger partial charge is 0.357 e. The molecule has 0 saturated heterocycles. The number of benzene rings is 1. The summed E-state index contributed by atoms with van der Waals surface area (Å²) in [6.07, 6.45) is 1.01. The normalized spacial score (nSPS) is 11.6. The fourth-order valence-electron chi connectivity index (χ4n) is 2.87. The van der Waals surface area contributed by atoms with Crippen LogP contribution in [0.4, 0.5) is 0 Å². The van der Waals surface area contributed by atoms with Crippen LogP contribution in [0.2, 0.25) is 0 Å². The van der Waals surface area contributed by atoms with Crippen molar-refractivity contribution in [1.29, 1.82) is 0 Å². The fraction of sp³-hybridized carbons (Fsp3) is 0.500. The van der Waals surface area contributed by atoms with E-state index in [1.807, 2.05) is 6.92 Å². The van der Waals surface area contributed by atoms with Gasteiger partial charge in [0.05, 0.1) is 12.2 Å². The van der Waals surface area contributed by atoms with Crippen molar-refractivity contribution in [3.05, 3.63) is 52.3 Å². The summed E-state index contributed by atoms with van der Waals surface area (Å²) < 4.78 is 2.07. The van der Waals surface area contributed by atoms with Crippen LogP contribution in [0.25, 0.3) is 0 Å². The summed E-state index contributed by atoms with van der Waals surface area (Å²) in [5.41, 5.74) is 6.15. The van der Waals surface area contributed by atoms with Gasteiger partial charge in [-0.05, 0) is 58.2 Å². The Kier molecular flexibility index (Phi) is 7.04. The van der Waals surface area contributed by atoms with Crippen LogP contribution in [0, 0.1) is 27.7 Å². The number of hydrogen-bond acceptors (Lipinski definition) is 2. The van der Waals surface area contributed by atoms with E-state index in [1.54, 1.807) is 0 Å². The molecule has 2 N–H and O–H groups in total. The molecule has 0 bridgehead atoms. The van der Waals surface area contributed by atoms with Crippen LogP contribution in [-0.4, -0.2) is 28.8 Å². The molecule has 25 heavy (non-hydrogen) atoms. The van der Waals surface area contributed by atoms with E-state index in [2.05, 4.69) is 72.4 Å². The molecule has 0 unspecified atom stereocenters. The molecule has 0 aliphatic carbocycles. The van der Waals surface area contributed by atoms with Gasteiger partial charge in [0.15, 0.2) is 5.96 Å². The molecule has 1 heterocycles. The van der Waals surface area contributed by atoms with Crippen molar-refractivity contribution in [2.24, 2.45) is 4.99 Å². The van der Waals surface area contributed by atoms with Gasteiger partial charge >= 0.3 is 0 Å². The lowest BCUT2D eigenvalue weighted by atomic mass is 10.1. The number of rotatable bonds is 7. The van der Waals surface area contributed by atoms with Gasteiger partial charge in [-0.1, -0.05) is 23.8 Å². The fourth-order valence-corrected chi connectivity index (χ4v) is 2.87. The zero-order valence-corrected chi connectivity index (χ0v) is 16.2. The first-order valence-electron chi connectivity index (χ1n) is 9.09. The highest BCUT2D eigenvalue weighted by Crippen LogP contribution is 2.11. The second-order valence-electron chi connectivity index (χ2n) is 6.56. The molecule has 2 rings (SSSR count). The van der Waals surface area contributed by atoms with Crippen molar-refractivity contribution in [2.45, 2.75) is 54.1 Å². The molecule has 1 aromatic carbocycles. The third kappa shape index (κ3) is 5.93. The quantitative estimate of drug-likeness (QED) is 0.462. The number of guanidine groups is 1. The van der Waals surface area contributed by atoms with Gasteiger partial charge < -0.3 is 10.6 Å². The van der Waals surface area contributed by atoms with Crippen molar-refractivity contribution >= 4 is 5.96 Å². The molecule has 0 aliphatic heterocycles. The van der Waals surface area contributed by atoms with Gasteiger partial charge in [-0.15, -0.1) is 0 Å². The summed E-state index contributed by atoms with van der Waals surface area (Å²) in [6, 6.07) is 8.63. The van der Waals surface area contributed by atoms with Crippen LogP contribution < -0.4 is 10.6 Å². The van der Waals surface area contributed by atoms with Crippen molar-refractivity contribution in [2.75, 3.05) is 13.1 Å². The van der Waals surface area contributed by atoms with Gasteiger partial charge in [0.25, 0.3) is 0 Å². The van der Waals surface area contributed by atoms with E-state index in [-0.39, 0.29) is 0 Å². The molecule has 0 spiro atoms. The molecule has 0 aliphatic rings. The Morgan fingerprint density at radius 1 is 1.12 bits per heavy atom. The maximum atomic E-state index is 4.71. The number of aliphatic imine (C=N–C) groups is 1. The minimum absolute atomic E-state index is 0.693. The third-order valence-corrected chi connectivity index (χ3v) is 4.19. The molecular weight excluding hydrogens is 310 g/mol. The van der Waals surface area contributed by atoms with Crippen LogP contribution >= 0.6 is 0 Å². The topological polar surface area (TPSA) is 54.2 Å². The predicted octanol–water partition coefficient (Wildman–Crippen LogP) is 3.26. The summed E-state index contributed by atoms with van der Waals surface area (Å²) in [4.78, 5) is 4.71. The zero-order chi connectivity index (χ0) is 18.2. The molecule has 1 aromatic heterocycles. The van der Waals surface area contributed by atoms with E-state index in [9.17, 15) is 0 Å². The Morgan fingerprint density at radius 3 is 2.56 bits per heavy atom. The zero-order valence-electron chi connectivity index (χ0n) is 16.2. The molecule has 5 nitrogen and oxygen atoms in total. The van der Waals surface area contributed by atoms with E-state index in [0.29, 0.717) is 6.54 Å². The Morgan fingerprint density at radius 2 is 1.92 bits per heavy atom. The first kappa shape index (κ1) is 19.0. The second kappa shape index (κ2) is 9.25. The van der Waals surface area contributed by atoms with Gasteiger partial charge in [0.2, 0.25) is 0 Å². The predicted molar refractivity (Wildman–Crippen MR) is 105 cm³/mol. The smallest absolute Gasteiger partial charge is 0.191 e. The van der Waals surface area contributed by atoms with E-state index < -0.39 is 0 Å². The number of nitrogens with one attached hydrogen (secondary N) is 2. The summed E-state index contributed by atoms with van der Waals surface area (Å²) in [5.74, 6) is 0.871. The molecule has 0 amide bonds. The Bertz CT molecular complexity index is 715. The molecule has 136 valence electrons. The molecular formula is C20H31N5. The van der Waals surface area contributed by atoms with Crippen molar-refractivity contribution in [3.8, 4) is 0 Å². The highest BCUT2D eigenvalue weighted by molar-refractivity contribution is 5.79. The van der Waals surface area contributed by atoms with E-state index >= 15 is 0 Å². The average molecular weight is 342 g/mol. The van der Waals surface area contributed by atoms with Crippen LogP contribution in [0.5, 0.6) is 0 Å². The lowest BCUT2D eigenvalue weighted by Crippen LogP contribution is -2.38. The SMILES string of the molecule is CCNC(=NCc1ccc(C)cc1C)NCCCn1nc(C)cc1C. The molecule has 0 radical (unpaired) electrons. The highest BCUT2D eigenvalue weighted by atomic mass is 15.3. The van der Waals surface area contributed by atoms with E-state index in [4.69, 9.17) is 4.99 Å². The molecule has 0 atom stereocenters. The monoisotopic (exact) mass is 341 g/mol. The number of aryl methyl sites for hydroxylation is 5. The van der Waals surface area contributed by atoms with Crippen molar-refractivity contribution < 1.29 is 0 Å². The van der Waals surface area contributed by atoms with E-state index in [1.165, 1.54) is 22.4 Å². The van der Waals surface area contributed by atoms with Crippen LogP contribution in [-0.2, 0) is 13.1 Å². The van der Waals surface area contributed by atoms with Crippen LogP contribution in [0.15, 0.2) is 29.3 Å². The molecule has 0 saturated carbocycles. The summed E-state index contributed by atoms with van der Waals surface area (Å²) in [5, 5.41) is 11.2. The molecule has 2 aromatic rings. The van der Waals surface area contributed by atoms with Crippen LogP contribution in [0.1, 0.15) is 41.4 Å². The minimum atomic E-state index is 0.693. The molecule has 0 fully saturated rings. The lowest BCUT2D eigenvalue weighted by Gasteiger charge is -2.12. The third-order valence-electron chi connectivity index (χ3n) is 4.19. The first-order valence-corrected chi connectivity index (χ1v) is 9.09. The highest BCUT2D eigenvalue weighted by Gasteiger charge is 2.02. The van der Waals surface area contributed by atoms with Gasteiger partial charge in [-0.3, -0.25) is 4.68 Å². The van der Waals surface area contributed by atoms with Gasteiger partial charge in [0.1, 0.15) is 0 Å². The second-order valence-corrected chi connectivity index (χ2v) is 6.56. The number of hydrogen-bond donors (Lipinski definition) is 2. The number of nitrogens with zero attached hydrogens (tertiary/aromatic N) is 3. The lowest BCUT2D eigenvalue weighted by molar-refractivity contribution is 0.555. The van der Waals surface area contributed by atoms with Crippen molar-refractivity contribution in [3.63, 3.8) is 0 Å². The van der Waals surface area contributed by atoms with E-state index in [0.717, 1.165) is 37.7 Å². The average Bonchev–Trinajstić information content (AvgIpc) is 2.88. The molecule has 5 heteroatoms. The maximum absolute atomic E-state index is 4.71. The van der Waals surface area contributed by atoms with Gasteiger partial charge in [-0.2, -0.15) is 5.10 Å². The number of aromatic nitrogens is 2. The van der Waals surface area contributed by atoms with Crippen molar-refractivity contribution in [1.82, 2.24) is 20.4 Å². The summed E-state index contributed by atoms with van der Waals surface area (Å²) in [6.45, 7) is 13.8. The van der Waals surface area contributed by atoms with Gasteiger partial charge in [-0.25, -0.2) is 4.99 Å². The Hall–Kier alpha value is -2.30. The first-order chi connectivity index (χ1) is 12.0. The van der Waals surface area contributed by atoms with Gasteiger partial charge in [0, 0.05) is 25.3 Å². The summed E-state index contributed by atoms with van der Waals surface area (Å²) in [7, 11) is 0. The summed E-state index contributed by atoms with van der Waals surface area (Å²) >= 11 is 0. The minimum Gasteiger partial charge on any atom is -0.357 e.